The number of ether oxygens (including phenoxy) is 2. The highest BCUT2D eigenvalue weighted by Gasteiger charge is 2.31. The number of methoxy groups -OCH3 is 2. The van der Waals surface area contributed by atoms with E-state index < -0.39 is 11.9 Å². The van der Waals surface area contributed by atoms with Crippen LogP contribution in [0.2, 0.25) is 0 Å². The van der Waals surface area contributed by atoms with E-state index in [2.05, 4.69) is 11.4 Å². The second kappa shape index (κ2) is 5.80. The molecule has 106 valence electrons. The molecule has 1 aromatic rings. The fourth-order valence-electron chi connectivity index (χ4n) is 2.45. The van der Waals surface area contributed by atoms with Crippen LogP contribution in [0.3, 0.4) is 0 Å². The lowest BCUT2D eigenvalue weighted by Gasteiger charge is -2.15. The van der Waals surface area contributed by atoms with Gasteiger partial charge in [-0.2, -0.15) is 5.26 Å². The van der Waals surface area contributed by atoms with E-state index in [1.807, 2.05) is 0 Å². The smallest absolute Gasteiger partial charge is 0.307 e. The molecule has 1 fully saturated rings. The lowest BCUT2D eigenvalue weighted by atomic mass is 9.98. The van der Waals surface area contributed by atoms with E-state index in [0.29, 0.717) is 30.0 Å². The van der Waals surface area contributed by atoms with Crippen molar-refractivity contribution in [3.05, 3.63) is 23.3 Å². The van der Waals surface area contributed by atoms with Crippen LogP contribution in [0, 0.1) is 17.2 Å². The Hall–Kier alpha value is -2.26. The lowest BCUT2D eigenvalue weighted by molar-refractivity contribution is -0.141. The zero-order valence-corrected chi connectivity index (χ0v) is 11.3. The third kappa shape index (κ3) is 2.53. The molecule has 0 spiro atoms. The normalized spacial score (nSPS) is 21.2. The Balaban J connectivity index is 2.34. The fourth-order valence-corrected chi connectivity index (χ4v) is 2.45. The first-order valence-corrected chi connectivity index (χ1v) is 6.23. The Bertz CT molecular complexity index is 565. The predicted octanol–water partition coefficient (Wildman–Crippen LogP) is 1.31. The molecule has 2 atom stereocenters. The number of rotatable bonds is 4. The van der Waals surface area contributed by atoms with Gasteiger partial charge in [0.15, 0.2) is 11.5 Å². The largest absolute Gasteiger partial charge is 0.493 e. The SMILES string of the molecule is COc1cc(C2CC(C(=O)O)CN2)cc(C#N)c1OC. The van der Waals surface area contributed by atoms with Crippen molar-refractivity contribution in [1.29, 1.82) is 5.26 Å². The number of aliphatic carboxylic acids is 1. The van der Waals surface area contributed by atoms with E-state index in [-0.39, 0.29) is 6.04 Å². The first-order valence-electron chi connectivity index (χ1n) is 6.23. The Morgan fingerprint density at radius 1 is 1.45 bits per heavy atom. The van der Waals surface area contributed by atoms with Crippen molar-refractivity contribution in [2.45, 2.75) is 12.5 Å². The summed E-state index contributed by atoms with van der Waals surface area (Å²) in [6.07, 6.45) is 0.496. The number of nitrogens with one attached hydrogen (secondary N) is 1. The number of hydrogen-bond donors (Lipinski definition) is 2. The molecule has 0 bridgehead atoms. The topological polar surface area (TPSA) is 91.6 Å². The van der Waals surface area contributed by atoms with Gasteiger partial charge in [0.25, 0.3) is 0 Å². The summed E-state index contributed by atoms with van der Waals surface area (Å²) in [5, 5.41) is 21.4. The van der Waals surface area contributed by atoms with Gasteiger partial charge < -0.3 is 19.9 Å². The molecular formula is C14H16N2O4. The van der Waals surface area contributed by atoms with E-state index >= 15 is 0 Å². The molecule has 2 unspecified atom stereocenters. The van der Waals surface area contributed by atoms with Crippen LogP contribution in [-0.2, 0) is 4.79 Å². The van der Waals surface area contributed by atoms with Gasteiger partial charge in [-0.05, 0) is 24.1 Å². The van der Waals surface area contributed by atoms with Crippen LogP contribution in [0.5, 0.6) is 11.5 Å². The van der Waals surface area contributed by atoms with Crippen LogP contribution in [0.4, 0.5) is 0 Å². The molecule has 0 saturated carbocycles. The molecule has 20 heavy (non-hydrogen) atoms. The van der Waals surface area contributed by atoms with Crippen LogP contribution in [0.25, 0.3) is 0 Å². The second-order valence-corrected chi connectivity index (χ2v) is 4.65. The summed E-state index contributed by atoms with van der Waals surface area (Å²) in [5.74, 6) is -0.340. The van der Waals surface area contributed by atoms with Crippen molar-refractivity contribution < 1.29 is 19.4 Å². The van der Waals surface area contributed by atoms with Crippen LogP contribution < -0.4 is 14.8 Å². The molecule has 0 aliphatic carbocycles. The van der Waals surface area contributed by atoms with Crippen molar-refractivity contribution in [2.75, 3.05) is 20.8 Å². The van der Waals surface area contributed by atoms with Crippen LogP contribution in [0.15, 0.2) is 12.1 Å². The minimum absolute atomic E-state index is 0.0944. The Kier molecular flexibility index (Phi) is 4.11. The highest BCUT2D eigenvalue weighted by molar-refractivity contribution is 5.71. The predicted molar refractivity (Wildman–Crippen MR) is 70.7 cm³/mol. The second-order valence-electron chi connectivity index (χ2n) is 4.65. The third-order valence-electron chi connectivity index (χ3n) is 3.50. The summed E-state index contributed by atoms with van der Waals surface area (Å²) in [5.41, 5.74) is 1.21. The zero-order valence-electron chi connectivity index (χ0n) is 11.3. The number of carbonyl (C=O) groups is 1. The van der Waals surface area contributed by atoms with Crippen molar-refractivity contribution >= 4 is 5.97 Å². The van der Waals surface area contributed by atoms with E-state index in [4.69, 9.17) is 14.6 Å². The van der Waals surface area contributed by atoms with Crippen LogP contribution in [0.1, 0.15) is 23.6 Å². The van der Waals surface area contributed by atoms with Crippen LogP contribution >= 0.6 is 0 Å². The van der Waals surface area contributed by atoms with Gasteiger partial charge in [-0.1, -0.05) is 0 Å². The number of nitrogens with zero attached hydrogens (tertiary/aromatic N) is 1. The quantitative estimate of drug-likeness (QED) is 0.861. The summed E-state index contributed by atoms with van der Waals surface area (Å²) in [6.45, 7) is 0.427. The molecule has 2 rings (SSSR count). The Morgan fingerprint density at radius 2 is 2.20 bits per heavy atom. The lowest BCUT2D eigenvalue weighted by Crippen LogP contribution is -2.17. The molecule has 1 aliphatic rings. The minimum atomic E-state index is -0.805. The molecule has 1 aliphatic heterocycles. The molecule has 2 N–H and O–H groups in total. The summed E-state index contributed by atoms with van der Waals surface area (Å²) in [6, 6.07) is 5.47. The molecule has 6 nitrogen and oxygen atoms in total. The highest BCUT2D eigenvalue weighted by Crippen LogP contribution is 2.36. The van der Waals surface area contributed by atoms with Gasteiger partial charge in [-0.15, -0.1) is 0 Å². The van der Waals surface area contributed by atoms with E-state index in [9.17, 15) is 10.1 Å². The zero-order chi connectivity index (χ0) is 14.7. The molecule has 6 heteroatoms. The summed E-state index contributed by atoms with van der Waals surface area (Å²) < 4.78 is 10.4. The molecule has 0 radical (unpaired) electrons. The maximum absolute atomic E-state index is 11.0. The van der Waals surface area contributed by atoms with Crippen LogP contribution in [-0.4, -0.2) is 31.8 Å². The molecular weight excluding hydrogens is 260 g/mol. The number of nitriles is 1. The first-order chi connectivity index (χ1) is 9.60. The monoisotopic (exact) mass is 276 g/mol. The third-order valence-corrected chi connectivity index (χ3v) is 3.50. The average molecular weight is 276 g/mol. The summed E-state index contributed by atoms with van der Waals surface area (Å²) in [4.78, 5) is 11.0. The Morgan fingerprint density at radius 3 is 2.70 bits per heavy atom. The molecule has 0 amide bonds. The number of carboxylic acids is 1. The van der Waals surface area contributed by atoms with E-state index in [1.165, 1.54) is 14.2 Å². The molecule has 1 heterocycles. The fraction of sp³-hybridized carbons (Fsp3) is 0.429. The Labute approximate surface area is 116 Å². The van der Waals surface area contributed by atoms with Gasteiger partial charge in [0.05, 0.1) is 25.7 Å². The number of carboxylic acid groups (broad SMARTS) is 1. The standard InChI is InChI=1S/C14H16N2O4/c1-19-12-5-8(3-9(6-15)13(12)20-2)11-4-10(7-16-11)14(17)18/h3,5,10-11,16H,4,7H2,1-2H3,(H,17,18). The minimum Gasteiger partial charge on any atom is -0.493 e. The van der Waals surface area contributed by atoms with Gasteiger partial charge in [0, 0.05) is 12.6 Å². The molecule has 1 saturated heterocycles. The van der Waals surface area contributed by atoms with Gasteiger partial charge in [0.2, 0.25) is 0 Å². The van der Waals surface area contributed by atoms with E-state index in [1.54, 1.807) is 12.1 Å². The maximum atomic E-state index is 11.0. The van der Waals surface area contributed by atoms with Crippen molar-refractivity contribution in [3.8, 4) is 17.6 Å². The van der Waals surface area contributed by atoms with Crippen molar-refractivity contribution in [2.24, 2.45) is 5.92 Å². The van der Waals surface area contributed by atoms with Gasteiger partial charge in [-0.25, -0.2) is 0 Å². The highest BCUT2D eigenvalue weighted by atomic mass is 16.5. The molecule has 0 aromatic heterocycles. The van der Waals surface area contributed by atoms with Gasteiger partial charge in [-0.3, -0.25) is 4.79 Å². The van der Waals surface area contributed by atoms with E-state index in [0.717, 1.165) is 5.56 Å². The van der Waals surface area contributed by atoms with Crippen molar-refractivity contribution in [1.82, 2.24) is 5.32 Å². The molecule has 1 aromatic carbocycles. The van der Waals surface area contributed by atoms with Gasteiger partial charge in [0.1, 0.15) is 6.07 Å². The summed E-state index contributed by atoms with van der Waals surface area (Å²) >= 11 is 0. The summed E-state index contributed by atoms with van der Waals surface area (Å²) in [7, 11) is 2.98. The number of hydrogen-bond acceptors (Lipinski definition) is 5. The first kappa shape index (κ1) is 14.2. The van der Waals surface area contributed by atoms with Gasteiger partial charge >= 0.3 is 5.97 Å². The van der Waals surface area contributed by atoms with Crippen molar-refractivity contribution in [3.63, 3.8) is 0 Å². The number of benzene rings is 1. The average Bonchev–Trinajstić information content (AvgIpc) is 2.95. The maximum Gasteiger partial charge on any atom is 0.307 e.